The number of morpholine rings is 1. The summed E-state index contributed by atoms with van der Waals surface area (Å²) >= 11 is 0. The number of ether oxygens (including phenoxy) is 1. The average molecular weight is 250 g/mol. The van der Waals surface area contributed by atoms with Crippen LogP contribution in [0.4, 0.5) is 11.6 Å². The number of anilines is 2. The minimum Gasteiger partial charge on any atom is -0.383 e. The van der Waals surface area contributed by atoms with Crippen molar-refractivity contribution < 1.29 is 4.74 Å². The van der Waals surface area contributed by atoms with Crippen LogP contribution in [-0.4, -0.2) is 35.8 Å². The first-order valence-electron chi connectivity index (χ1n) is 6.65. The molecule has 0 radical (unpaired) electrons. The summed E-state index contributed by atoms with van der Waals surface area (Å²) < 4.78 is 5.69. The monoisotopic (exact) mass is 250 g/mol. The van der Waals surface area contributed by atoms with Crippen LogP contribution < -0.4 is 10.6 Å². The predicted octanol–water partition coefficient (Wildman–Crippen LogP) is 1.54. The van der Waals surface area contributed by atoms with E-state index in [4.69, 9.17) is 10.5 Å². The lowest BCUT2D eigenvalue weighted by Gasteiger charge is -2.34. The molecule has 5 heteroatoms. The number of rotatable bonds is 3. The second-order valence-electron chi connectivity index (χ2n) is 4.67. The van der Waals surface area contributed by atoms with Crippen LogP contribution in [-0.2, 0) is 11.2 Å². The highest BCUT2D eigenvalue weighted by molar-refractivity contribution is 5.56. The molecule has 5 nitrogen and oxygen atoms in total. The molecule has 1 atom stereocenters. The van der Waals surface area contributed by atoms with Crippen LogP contribution in [0.15, 0.2) is 0 Å². The Morgan fingerprint density at radius 2 is 2.17 bits per heavy atom. The van der Waals surface area contributed by atoms with Gasteiger partial charge in [0.2, 0.25) is 0 Å². The number of aryl methyl sites for hydroxylation is 1. The number of nitrogen functional groups attached to an aromatic ring is 1. The van der Waals surface area contributed by atoms with Crippen molar-refractivity contribution in [2.45, 2.75) is 39.7 Å². The third-order valence-electron chi connectivity index (χ3n) is 3.41. The van der Waals surface area contributed by atoms with Gasteiger partial charge in [0.25, 0.3) is 0 Å². The van der Waals surface area contributed by atoms with Gasteiger partial charge in [0.05, 0.1) is 12.7 Å². The molecule has 0 bridgehead atoms. The fraction of sp³-hybridized carbons (Fsp3) is 0.692. The fourth-order valence-electron chi connectivity index (χ4n) is 2.19. The Hall–Kier alpha value is -1.36. The van der Waals surface area contributed by atoms with Crippen molar-refractivity contribution >= 4 is 11.6 Å². The smallest absolute Gasteiger partial charge is 0.137 e. The first kappa shape index (κ1) is 13.1. The van der Waals surface area contributed by atoms with Gasteiger partial charge in [-0.2, -0.15) is 0 Å². The van der Waals surface area contributed by atoms with Crippen LogP contribution in [0, 0.1) is 6.92 Å². The maximum atomic E-state index is 5.96. The van der Waals surface area contributed by atoms with E-state index in [1.807, 2.05) is 13.8 Å². The zero-order valence-electron chi connectivity index (χ0n) is 11.4. The van der Waals surface area contributed by atoms with Crippen molar-refractivity contribution in [2.24, 2.45) is 0 Å². The van der Waals surface area contributed by atoms with E-state index >= 15 is 0 Å². The molecule has 2 N–H and O–H groups in total. The Bertz CT molecular complexity index is 422. The van der Waals surface area contributed by atoms with E-state index in [9.17, 15) is 0 Å². The molecule has 1 unspecified atom stereocenters. The molecule has 0 amide bonds. The molecule has 0 aromatic carbocycles. The van der Waals surface area contributed by atoms with Crippen LogP contribution in [0.25, 0.3) is 0 Å². The average Bonchev–Trinajstić information content (AvgIpc) is 2.41. The third-order valence-corrected chi connectivity index (χ3v) is 3.41. The lowest BCUT2D eigenvalue weighted by atomic mass is 10.2. The van der Waals surface area contributed by atoms with E-state index in [0.29, 0.717) is 11.9 Å². The standard InChI is InChI=1S/C13H22N4O/c1-4-10-8-17(6-7-18-10)13-9(3)12(14)15-11(5-2)16-13/h10H,4-8H2,1-3H3,(H2,14,15,16). The second-order valence-corrected chi connectivity index (χ2v) is 4.67. The van der Waals surface area contributed by atoms with Gasteiger partial charge in [-0.05, 0) is 13.3 Å². The Kier molecular flexibility index (Phi) is 4.01. The minimum absolute atomic E-state index is 0.291. The molecular formula is C13H22N4O. The Labute approximate surface area is 108 Å². The van der Waals surface area contributed by atoms with Gasteiger partial charge in [-0.15, -0.1) is 0 Å². The van der Waals surface area contributed by atoms with Gasteiger partial charge in [0, 0.05) is 25.1 Å². The predicted molar refractivity (Wildman–Crippen MR) is 72.8 cm³/mol. The molecule has 0 aliphatic carbocycles. The molecule has 1 fully saturated rings. The summed E-state index contributed by atoms with van der Waals surface area (Å²) in [5, 5.41) is 0. The molecule has 1 saturated heterocycles. The molecule has 0 saturated carbocycles. The molecule has 0 spiro atoms. The van der Waals surface area contributed by atoms with E-state index in [1.54, 1.807) is 0 Å². The van der Waals surface area contributed by atoms with Gasteiger partial charge >= 0.3 is 0 Å². The van der Waals surface area contributed by atoms with Crippen LogP contribution in [0.5, 0.6) is 0 Å². The van der Waals surface area contributed by atoms with Crippen LogP contribution >= 0.6 is 0 Å². The maximum Gasteiger partial charge on any atom is 0.137 e. The summed E-state index contributed by atoms with van der Waals surface area (Å²) in [6.07, 6.45) is 2.12. The zero-order chi connectivity index (χ0) is 13.1. The van der Waals surface area contributed by atoms with Gasteiger partial charge in [-0.25, -0.2) is 9.97 Å². The quantitative estimate of drug-likeness (QED) is 0.881. The van der Waals surface area contributed by atoms with Gasteiger partial charge in [0.15, 0.2) is 0 Å². The number of nitrogens with two attached hydrogens (primary N) is 1. The van der Waals surface area contributed by atoms with Crippen LogP contribution in [0.1, 0.15) is 31.7 Å². The first-order valence-corrected chi connectivity index (χ1v) is 6.65. The molecule has 100 valence electrons. The molecule has 2 heterocycles. The zero-order valence-corrected chi connectivity index (χ0v) is 11.4. The van der Waals surface area contributed by atoms with Gasteiger partial charge in [-0.3, -0.25) is 0 Å². The highest BCUT2D eigenvalue weighted by atomic mass is 16.5. The van der Waals surface area contributed by atoms with E-state index in [2.05, 4.69) is 21.8 Å². The third kappa shape index (κ3) is 2.56. The first-order chi connectivity index (χ1) is 8.65. The Morgan fingerprint density at radius 3 is 2.83 bits per heavy atom. The largest absolute Gasteiger partial charge is 0.383 e. The molecule has 1 aliphatic heterocycles. The van der Waals surface area contributed by atoms with Crippen LogP contribution in [0.2, 0.25) is 0 Å². The number of hydrogen-bond acceptors (Lipinski definition) is 5. The van der Waals surface area contributed by atoms with E-state index in [0.717, 1.165) is 49.7 Å². The number of aromatic nitrogens is 2. The fourth-order valence-corrected chi connectivity index (χ4v) is 2.19. The summed E-state index contributed by atoms with van der Waals surface area (Å²) in [4.78, 5) is 11.2. The minimum atomic E-state index is 0.291. The van der Waals surface area contributed by atoms with Crippen molar-refractivity contribution in [2.75, 3.05) is 30.3 Å². The molecule has 1 aromatic rings. The molecular weight excluding hydrogens is 228 g/mol. The van der Waals surface area contributed by atoms with Crippen molar-refractivity contribution in [3.63, 3.8) is 0 Å². The van der Waals surface area contributed by atoms with Crippen LogP contribution in [0.3, 0.4) is 0 Å². The van der Waals surface area contributed by atoms with E-state index < -0.39 is 0 Å². The van der Waals surface area contributed by atoms with E-state index in [-0.39, 0.29) is 0 Å². The molecule has 1 aliphatic rings. The van der Waals surface area contributed by atoms with Gasteiger partial charge < -0.3 is 15.4 Å². The molecule has 1 aromatic heterocycles. The summed E-state index contributed by atoms with van der Waals surface area (Å²) in [6.45, 7) is 8.69. The highest BCUT2D eigenvalue weighted by Gasteiger charge is 2.22. The summed E-state index contributed by atoms with van der Waals surface area (Å²) in [5.41, 5.74) is 6.94. The molecule has 2 rings (SSSR count). The second kappa shape index (κ2) is 5.52. The van der Waals surface area contributed by atoms with E-state index in [1.165, 1.54) is 0 Å². The van der Waals surface area contributed by atoms with Crippen molar-refractivity contribution in [3.05, 3.63) is 11.4 Å². The van der Waals surface area contributed by atoms with Gasteiger partial charge in [0.1, 0.15) is 17.5 Å². The lowest BCUT2D eigenvalue weighted by Crippen LogP contribution is -2.43. The van der Waals surface area contributed by atoms with Crippen molar-refractivity contribution in [1.29, 1.82) is 0 Å². The van der Waals surface area contributed by atoms with Gasteiger partial charge in [-0.1, -0.05) is 13.8 Å². The summed E-state index contributed by atoms with van der Waals surface area (Å²) in [6, 6.07) is 0. The Balaban J connectivity index is 2.28. The highest BCUT2D eigenvalue weighted by Crippen LogP contribution is 2.24. The summed E-state index contributed by atoms with van der Waals surface area (Å²) in [5.74, 6) is 2.38. The number of nitrogens with zero attached hydrogens (tertiary/aromatic N) is 3. The summed E-state index contributed by atoms with van der Waals surface area (Å²) in [7, 11) is 0. The number of hydrogen-bond donors (Lipinski definition) is 1. The molecule has 18 heavy (non-hydrogen) atoms. The van der Waals surface area contributed by atoms with Crippen molar-refractivity contribution in [3.8, 4) is 0 Å². The topological polar surface area (TPSA) is 64.3 Å². The lowest BCUT2D eigenvalue weighted by molar-refractivity contribution is 0.0381. The Morgan fingerprint density at radius 1 is 1.39 bits per heavy atom. The normalized spacial score (nSPS) is 20.2. The maximum absolute atomic E-state index is 5.96. The van der Waals surface area contributed by atoms with Crippen molar-refractivity contribution in [1.82, 2.24) is 9.97 Å². The SMILES string of the molecule is CCc1nc(N)c(C)c(N2CCOC(CC)C2)n1.